The van der Waals surface area contributed by atoms with Gasteiger partial charge in [-0.25, -0.2) is 8.42 Å². The predicted octanol–water partition coefficient (Wildman–Crippen LogP) is 2.07. The number of carbonyl (C=O) groups excluding carboxylic acids is 3. The lowest BCUT2D eigenvalue weighted by atomic mass is 9.98. The number of benzene rings is 2. The van der Waals surface area contributed by atoms with Crippen molar-refractivity contribution in [3.63, 3.8) is 0 Å². The quantitative estimate of drug-likeness (QED) is 0.591. The smallest absolute Gasteiger partial charge is 0.309 e. The van der Waals surface area contributed by atoms with E-state index in [1.54, 1.807) is 24.3 Å². The Labute approximate surface area is 193 Å². The molecule has 1 aliphatic rings. The van der Waals surface area contributed by atoms with Gasteiger partial charge in [0.2, 0.25) is 15.9 Å². The molecule has 2 aromatic rings. The number of nitrogens with zero attached hydrogens (tertiary/aromatic N) is 1. The van der Waals surface area contributed by atoms with Crippen LogP contribution in [0.5, 0.6) is 0 Å². The summed E-state index contributed by atoms with van der Waals surface area (Å²) in [6.07, 6.45) is -0.415. The third-order valence-corrected chi connectivity index (χ3v) is 7.46. The first-order chi connectivity index (χ1) is 15.6. The molecule has 3 N–H and O–H groups in total. The average Bonchev–Trinajstić information content (AvgIpc) is 2.79. The number of amides is 2. The van der Waals surface area contributed by atoms with Crippen molar-refractivity contribution in [1.82, 2.24) is 4.31 Å². The van der Waals surface area contributed by atoms with Crippen molar-refractivity contribution in [2.75, 3.05) is 18.4 Å². The van der Waals surface area contributed by atoms with Crippen LogP contribution >= 0.6 is 0 Å². The Kier molecular flexibility index (Phi) is 7.50. The van der Waals surface area contributed by atoms with Crippen LogP contribution in [-0.2, 0) is 24.3 Å². The molecule has 2 aromatic carbocycles. The van der Waals surface area contributed by atoms with Crippen molar-refractivity contribution < 1.29 is 27.5 Å². The number of aryl methyl sites for hydroxylation is 1. The monoisotopic (exact) mass is 473 g/mol. The van der Waals surface area contributed by atoms with Crippen LogP contribution in [0.1, 0.15) is 35.7 Å². The minimum absolute atomic E-state index is 0.197. The van der Waals surface area contributed by atoms with Gasteiger partial charge < -0.3 is 15.8 Å². The number of hydrogen-bond donors (Lipinski definition) is 2. The molecule has 0 unspecified atom stereocenters. The number of carbonyl (C=O) groups is 3. The van der Waals surface area contributed by atoms with Gasteiger partial charge in [-0.1, -0.05) is 17.7 Å². The molecule has 2 amide bonds. The second kappa shape index (κ2) is 10.1. The third kappa shape index (κ3) is 5.96. The Bertz CT molecular complexity index is 1120. The molecular weight excluding hydrogens is 446 g/mol. The van der Waals surface area contributed by atoms with E-state index >= 15 is 0 Å². The maximum absolute atomic E-state index is 12.8. The van der Waals surface area contributed by atoms with Gasteiger partial charge in [-0.2, -0.15) is 4.31 Å². The second-order valence-electron chi connectivity index (χ2n) is 8.00. The van der Waals surface area contributed by atoms with Crippen LogP contribution in [0.25, 0.3) is 0 Å². The van der Waals surface area contributed by atoms with E-state index in [0.29, 0.717) is 24.1 Å². The molecule has 3 rings (SSSR count). The summed E-state index contributed by atoms with van der Waals surface area (Å²) in [4.78, 5) is 36.2. The lowest BCUT2D eigenvalue weighted by molar-refractivity contribution is -0.158. The molecule has 9 nitrogen and oxygen atoms in total. The molecule has 0 bridgehead atoms. The molecule has 176 valence electrons. The second-order valence-corrected chi connectivity index (χ2v) is 9.94. The Morgan fingerprint density at radius 1 is 1.03 bits per heavy atom. The highest BCUT2D eigenvalue weighted by molar-refractivity contribution is 7.89. The molecule has 0 spiro atoms. The van der Waals surface area contributed by atoms with Gasteiger partial charge >= 0.3 is 5.97 Å². The van der Waals surface area contributed by atoms with Crippen LogP contribution in [0, 0.1) is 12.8 Å². The summed E-state index contributed by atoms with van der Waals surface area (Å²) >= 11 is 0. The zero-order valence-corrected chi connectivity index (χ0v) is 19.3. The molecule has 33 heavy (non-hydrogen) atoms. The molecule has 1 fully saturated rings. The van der Waals surface area contributed by atoms with Crippen LogP contribution in [-0.4, -0.2) is 49.7 Å². The number of rotatable bonds is 7. The van der Waals surface area contributed by atoms with E-state index in [4.69, 9.17) is 10.5 Å². The molecule has 1 atom stereocenters. The molecule has 1 heterocycles. The van der Waals surface area contributed by atoms with Gasteiger partial charge in [0, 0.05) is 24.3 Å². The van der Waals surface area contributed by atoms with Gasteiger partial charge in [0.1, 0.15) is 0 Å². The molecule has 0 aliphatic carbocycles. The number of nitrogens with two attached hydrogens (primary N) is 1. The van der Waals surface area contributed by atoms with Crippen molar-refractivity contribution in [2.45, 2.75) is 37.7 Å². The lowest BCUT2D eigenvalue weighted by Gasteiger charge is -2.30. The molecule has 0 radical (unpaired) electrons. The minimum atomic E-state index is -3.62. The fourth-order valence-electron chi connectivity index (χ4n) is 3.48. The van der Waals surface area contributed by atoms with Gasteiger partial charge in [-0.05, 0) is 63.1 Å². The van der Waals surface area contributed by atoms with E-state index in [1.165, 1.54) is 35.5 Å². The predicted molar refractivity (Wildman–Crippen MR) is 122 cm³/mol. The van der Waals surface area contributed by atoms with Crippen LogP contribution in [0.15, 0.2) is 53.4 Å². The van der Waals surface area contributed by atoms with Crippen molar-refractivity contribution in [3.05, 3.63) is 59.7 Å². The van der Waals surface area contributed by atoms with E-state index in [-0.39, 0.29) is 18.0 Å². The average molecular weight is 474 g/mol. The Morgan fingerprint density at radius 3 is 2.15 bits per heavy atom. The van der Waals surface area contributed by atoms with Crippen LogP contribution in [0.4, 0.5) is 5.69 Å². The summed E-state index contributed by atoms with van der Waals surface area (Å²) in [7, 11) is -3.62. The van der Waals surface area contributed by atoms with Crippen molar-refractivity contribution in [3.8, 4) is 0 Å². The van der Waals surface area contributed by atoms with E-state index in [2.05, 4.69) is 5.32 Å². The van der Waals surface area contributed by atoms with E-state index in [9.17, 15) is 22.8 Å². The Morgan fingerprint density at radius 2 is 1.61 bits per heavy atom. The Hall–Kier alpha value is -3.24. The number of ether oxygens (including phenoxy) is 1. The summed E-state index contributed by atoms with van der Waals surface area (Å²) in [5.74, 6) is -2.11. The summed E-state index contributed by atoms with van der Waals surface area (Å²) in [6, 6.07) is 12.7. The van der Waals surface area contributed by atoms with Crippen LogP contribution in [0.3, 0.4) is 0 Å². The topological polar surface area (TPSA) is 136 Å². The molecule has 0 saturated carbocycles. The fourth-order valence-corrected chi connectivity index (χ4v) is 4.95. The molecular formula is C23H27N3O6S. The maximum atomic E-state index is 12.8. The number of sulfonamides is 1. The first-order valence-electron chi connectivity index (χ1n) is 10.6. The molecule has 10 heteroatoms. The normalized spacial score (nSPS) is 16.1. The maximum Gasteiger partial charge on any atom is 0.309 e. The number of esters is 1. The van der Waals surface area contributed by atoms with Gasteiger partial charge in [0.05, 0.1) is 10.8 Å². The fraction of sp³-hybridized carbons (Fsp3) is 0.348. The summed E-state index contributed by atoms with van der Waals surface area (Å²) < 4.78 is 32.3. The van der Waals surface area contributed by atoms with Crippen LogP contribution in [0.2, 0.25) is 0 Å². The van der Waals surface area contributed by atoms with E-state index < -0.39 is 39.8 Å². The van der Waals surface area contributed by atoms with Gasteiger partial charge in [-0.15, -0.1) is 0 Å². The largest absolute Gasteiger partial charge is 0.452 e. The van der Waals surface area contributed by atoms with Gasteiger partial charge in [0.25, 0.3) is 5.91 Å². The Balaban J connectivity index is 1.51. The zero-order chi connectivity index (χ0) is 24.2. The number of nitrogens with one attached hydrogen (secondary N) is 1. The minimum Gasteiger partial charge on any atom is -0.452 e. The van der Waals surface area contributed by atoms with Crippen molar-refractivity contribution >= 4 is 33.5 Å². The lowest BCUT2D eigenvalue weighted by Crippen LogP contribution is -2.41. The first-order valence-corrected chi connectivity index (χ1v) is 12.0. The summed E-state index contributed by atoms with van der Waals surface area (Å²) in [5, 5.41) is 2.61. The van der Waals surface area contributed by atoms with Crippen molar-refractivity contribution in [2.24, 2.45) is 11.7 Å². The highest BCUT2D eigenvalue weighted by atomic mass is 32.2. The number of primary amides is 1. The molecule has 1 saturated heterocycles. The highest BCUT2D eigenvalue weighted by Gasteiger charge is 2.34. The number of anilines is 1. The SMILES string of the molecule is Cc1ccc(S(=O)(=O)N2CCC(C(=O)O[C@@H](C)C(=O)Nc3ccc(C(N)=O)cc3)CC2)cc1. The zero-order valence-electron chi connectivity index (χ0n) is 18.5. The summed E-state index contributed by atoms with van der Waals surface area (Å²) in [5.41, 5.74) is 6.90. The van der Waals surface area contributed by atoms with E-state index in [1.807, 2.05) is 6.92 Å². The van der Waals surface area contributed by atoms with Gasteiger partial charge in [0.15, 0.2) is 6.10 Å². The molecule has 0 aromatic heterocycles. The molecule has 1 aliphatic heterocycles. The van der Waals surface area contributed by atoms with Gasteiger partial charge in [-0.3, -0.25) is 14.4 Å². The van der Waals surface area contributed by atoms with Crippen molar-refractivity contribution in [1.29, 1.82) is 0 Å². The van der Waals surface area contributed by atoms with E-state index in [0.717, 1.165) is 5.56 Å². The number of hydrogen-bond acceptors (Lipinski definition) is 6. The number of piperidine rings is 1. The third-order valence-electron chi connectivity index (χ3n) is 5.55. The first kappa shape index (κ1) is 24.4. The standard InChI is InChI=1S/C23H27N3O6S/c1-15-3-9-20(10-4-15)33(30,31)26-13-11-18(12-14-26)23(29)32-16(2)22(28)25-19-7-5-17(6-8-19)21(24)27/h3-10,16,18H,11-14H2,1-2H3,(H2,24,27)(H,25,28)/t16-/m0/s1. The van der Waals surface area contributed by atoms with Crippen LogP contribution < -0.4 is 11.1 Å². The summed E-state index contributed by atoms with van der Waals surface area (Å²) in [6.45, 7) is 3.74. The highest BCUT2D eigenvalue weighted by Crippen LogP contribution is 2.25.